The number of carbonyl (C=O) groups is 1. The highest BCUT2D eigenvalue weighted by atomic mass is 16.1. The van der Waals surface area contributed by atoms with Crippen molar-refractivity contribution in [3.63, 3.8) is 0 Å². The lowest BCUT2D eigenvalue weighted by Crippen LogP contribution is -2.22. The monoisotopic (exact) mass is 166 g/mol. The maximum absolute atomic E-state index is 11.3. The number of hydrogen-bond donors (Lipinski definition) is 1. The van der Waals surface area contributed by atoms with Gasteiger partial charge in [0.15, 0.2) is 0 Å². The predicted octanol–water partition coefficient (Wildman–Crippen LogP) is 0.0889. The standard InChI is InChI=1S/C8H10N2O2/c1-9-7-3-2-4-10(5-6-11)8(7)12/h2-4,6,9H,5H2,1H3. The Morgan fingerprint density at radius 3 is 3.00 bits per heavy atom. The summed E-state index contributed by atoms with van der Waals surface area (Å²) in [6.07, 6.45) is 2.28. The average molecular weight is 166 g/mol. The molecule has 0 aliphatic rings. The van der Waals surface area contributed by atoms with Gasteiger partial charge in [-0.15, -0.1) is 0 Å². The van der Waals surface area contributed by atoms with E-state index >= 15 is 0 Å². The zero-order valence-electron chi connectivity index (χ0n) is 6.78. The first kappa shape index (κ1) is 8.52. The molecular formula is C8H10N2O2. The molecule has 4 nitrogen and oxygen atoms in total. The predicted molar refractivity (Wildman–Crippen MR) is 46.3 cm³/mol. The Morgan fingerprint density at radius 1 is 1.67 bits per heavy atom. The molecule has 1 N–H and O–H groups in total. The molecule has 0 fully saturated rings. The molecule has 0 saturated heterocycles. The minimum absolute atomic E-state index is 0.106. The lowest BCUT2D eigenvalue weighted by molar-refractivity contribution is -0.108. The number of pyridine rings is 1. The molecule has 0 unspecified atom stereocenters. The summed E-state index contributed by atoms with van der Waals surface area (Å²) >= 11 is 0. The van der Waals surface area contributed by atoms with Crippen molar-refractivity contribution < 1.29 is 4.79 Å². The SMILES string of the molecule is CNc1cccn(CC=O)c1=O. The zero-order chi connectivity index (χ0) is 8.97. The van der Waals surface area contributed by atoms with Gasteiger partial charge in [-0.2, -0.15) is 0 Å². The number of hydrogen-bond acceptors (Lipinski definition) is 3. The smallest absolute Gasteiger partial charge is 0.274 e. The summed E-state index contributed by atoms with van der Waals surface area (Å²) < 4.78 is 1.35. The van der Waals surface area contributed by atoms with Crippen LogP contribution in [0.1, 0.15) is 0 Å². The van der Waals surface area contributed by atoms with Gasteiger partial charge in [-0.05, 0) is 12.1 Å². The molecule has 1 aromatic heterocycles. The average Bonchev–Trinajstić information content (AvgIpc) is 2.09. The Labute approximate surface area is 69.8 Å². The summed E-state index contributed by atoms with van der Waals surface area (Å²) in [7, 11) is 1.67. The fraction of sp³-hybridized carbons (Fsp3) is 0.250. The molecule has 0 atom stereocenters. The van der Waals surface area contributed by atoms with Crippen molar-refractivity contribution in [2.45, 2.75) is 6.54 Å². The topological polar surface area (TPSA) is 51.1 Å². The number of nitrogens with one attached hydrogen (secondary N) is 1. The van der Waals surface area contributed by atoms with Crippen LogP contribution in [0.4, 0.5) is 5.69 Å². The van der Waals surface area contributed by atoms with Crippen LogP contribution in [0.25, 0.3) is 0 Å². The van der Waals surface area contributed by atoms with Gasteiger partial charge in [-0.3, -0.25) is 4.79 Å². The third-order valence-corrected chi connectivity index (χ3v) is 1.56. The summed E-state index contributed by atoms with van der Waals surface area (Å²) in [5.74, 6) is 0. The fourth-order valence-electron chi connectivity index (χ4n) is 0.951. The second kappa shape index (κ2) is 3.71. The normalized spacial score (nSPS) is 9.42. The van der Waals surface area contributed by atoms with E-state index in [2.05, 4.69) is 5.32 Å². The van der Waals surface area contributed by atoms with E-state index in [1.54, 1.807) is 25.4 Å². The summed E-state index contributed by atoms with van der Waals surface area (Å²) in [6, 6.07) is 3.39. The van der Waals surface area contributed by atoms with Crippen LogP contribution >= 0.6 is 0 Å². The second-order valence-corrected chi connectivity index (χ2v) is 2.30. The molecule has 0 aliphatic heterocycles. The van der Waals surface area contributed by atoms with Crippen LogP contribution in [-0.4, -0.2) is 17.9 Å². The van der Waals surface area contributed by atoms with Crippen molar-refractivity contribution in [2.24, 2.45) is 0 Å². The number of anilines is 1. The van der Waals surface area contributed by atoms with E-state index < -0.39 is 0 Å². The first-order valence-electron chi connectivity index (χ1n) is 3.60. The minimum Gasteiger partial charge on any atom is -0.384 e. The molecule has 0 amide bonds. The highest BCUT2D eigenvalue weighted by molar-refractivity contribution is 5.50. The van der Waals surface area contributed by atoms with E-state index in [4.69, 9.17) is 0 Å². The van der Waals surface area contributed by atoms with Crippen LogP contribution in [-0.2, 0) is 11.3 Å². The molecule has 12 heavy (non-hydrogen) atoms. The number of nitrogens with zero attached hydrogens (tertiary/aromatic N) is 1. The highest BCUT2D eigenvalue weighted by Gasteiger charge is 1.98. The van der Waals surface area contributed by atoms with Crippen LogP contribution in [0.2, 0.25) is 0 Å². The van der Waals surface area contributed by atoms with Crippen LogP contribution in [0.15, 0.2) is 23.1 Å². The summed E-state index contributed by atoms with van der Waals surface area (Å²) in [6.45, 7) is 0.106. The van der Waals surface area contributed by atoms with Crippen molar-refractivity contribution >= 4 is 12.0 Å². The molecule has 0 bridgehead atoms. The van der Waals surface area contributed by atoms with Crippen molar-refractivity contribution in [2.75, 3.05) is 12.4 Å². The van der Waals surface area contributed by atoms with Gasteiger partial charge in [-0.25, -0.2) is 0 Å². The Balaban J connectivity index is 3.14. The first-order valence-corrected chi connectivity index (χ1v) is 3.60. The maximum atomic E-state index is 11.3. The van der Waals surface area contributed by atoms with Crippen LogP contribution in [0.5, 0.6) is 0 Å². The zero-order valence-corrected chi connectivity index (χ0v) is 6.78. The van der Waals surface area contributed by atoms with E-state index in [9.17, 15) is 9.59 Å². The molecule has 1 heterocycles. The van der Waals surface area contributed by atoms with Gasteiger partial charge >= 0.3 is 0 Å². The highest BCUT2D eigenvalue weighted by Crippen LogP contribution is 1.95. The van der Waals surface area contributed by atoms with Gasteiger partial charge < -0.3 is 14.7 Å². The largest absolute Gasteiger partial charge is 0.384 e. The quantitative estimate of drug-likeness (QED) is 0.647. The van der Waals surface area contributed by atoms with Crippen molar-refractivity contribution in [3.8, 4) is 0 Å². The van der Waals surface area contributed by atoms with Gasteiger partial charge in [0.25, 0.3) is 5.56 Å². The van der Waals surface area contributed by atoms with Crippen LogP contribution < -0.4 is 10.9 Å². The Bertz CT molecular complexity index is 330. The van der Waals surface area contributed by atoms with Crippen LogP contribution in [0.3, 0.4) is 0 Å². The van der Waals surface area contributed by atoms with E-state index in [0.717, 1.165) is 0 Å². The molecular weight excluding hydrogens is 156 g/mol. The van der Waals surface area contributed by atoms with Crippen molar-refractivity contribution in [3.05, 3.63) is 28.7 Å². The lowest BCUT2D eigenvalue weighted by Gasteiger charge is -2.02. The first-order chi connectivity index (χ1) is 5.79. The fourth-order valence-corrected chi connectivity index (χ4v) is 0.951. The molecule has 0 aromatic carbocycles. The Hall–Kier alpha value is -1.58. The number of carbonyl (C=O) groups excluding carboxylic acids is 1. The molecule has 0 radical (unpaired) electrons. The Kier molecular flexibility index (Phi) is 2.63. The lowest BCUT2D eigenvalue weighted by atomic mass is 10.4. The van der Waals surface area contributed by atoms with Gasteiger partial charge in [0.1, 0.15) is 12.0 Å². The molecule has 0 spiro atoms. The van der Waals surface area contributed by atoms with E-state index in [1.165, 1.54) is 4.57 Å². The second-order valence-electron chi connectivity index (χ2n) is 2.30. The maximum Gasteiger partial charge on any atom is 0.274 e. The van der Waals surface area contributed by atoms with Crippen molar-refractivity contribution in [1.82, 2.24) is 4.57 Å². The van der Waals surface area contributed by atoms with Gasteiger partial charge in [0, 0.05) is 13.2 Å². The Morgan fingerprint density at radius 2 is 2.42 bits per heavy atom. The minimum atomic E-state index is -0.174. The molecule has 4 heteroatoms. The van der Waals surface area contributed by atoms with Gasteiger partial charge in [0.05, 0.1) is 6.54 Å². The van der Waals surface area contributed by atoms with E-state index in [1.807, 2.05) is 0 Å². The van der Waals surface area contributed by atoms with Gasteiger partial charge in [-0.1, -0.05) is 0 Å². The number of rotatable bonds is 3. The number of aromatic nitrogens is 1. The third-order valence-electron chi connectivity index (χ3n) is 1.56. The summed E-state index contributed by atoms with van der Waals surface area (Å²) in [4.78, 5) is 21.5. The third kappa shape index (κ3) is 1.53. The molecule has 1 aromatic rings. The molecule has 0 saturated carbocycles. The van der Waals surface area contributed by atoms with Crippen molar-refractivity contribution in [1.29, 1.82) is 0 Å². The van der Waals surface area contributed by atoms with E-state index in [0.29, 0.717) is 12.0 Å². The van der Waals surface area contributed by atoms with E-state index in [-0.39, 0.29) is 12.1 Å². The molecule has 1 rings (SSSR count). The van der Waals surface area contributed by atoms with Gasteiger partial charge in [0.2, 0.25) is 0 Å². The van der Waals surface area contributed by atoms with Crippen LogP contribution in [0, 0.1) is 0 Å². The summed E-state index contributed by atoms with van der Waals surface area (Å²) in [5.41, 5.74) is 0.325. The molecule has 64 valence electrons. The molecule has 0 aliphatic carbocycles. The number of aldehydes is 1. The summed E-state index contributed by atoms with van der Waals surface area (Å²) in [5, 5.41) is 2.74.